The number of nitrogens with one attached hydrogen (secondary N) is 1. The molecule has 3 aromatic rings. The van der Waals surface area contributed by atoms with Crippen molar-refractivity contribution in [1.82, 2.24) is 5.27 Å². The summed E-state index contributed by atoms with van der Waals surface area (Å²) in [5.74, 6) is -1.37. The van der Waals surface area contributed by atoms with Crippen molar-refractivity contribution in [3.63, 3.8) is 0 Å². The minimum absolute atomic E-state index is 0.0210. The molecule has 1 atom stereocenters. The zero-order chi connectivity index (χ0) is 22.6. The Labute approximate surface area is 178 Å². The SMILES string of the molecule is COc1ccc(-[n+]2noc([O-])c2SC(C)C(=O)Nc2ccccc2OC(F)(F)F)cc1. The van der Waals surface area contributed by atoms with Crippen LogP contribution in [0.25, 0.3) is 5.69 Å². The minimum atomic E-state index is -4.91. The molecule has 1 amide bonds. The van der Waals surface area contributed by atoms with Gasteiger partial charge in [0.25, 0.3) is 5.03 Å². The van der Waals surface area contributed by atoms with Gasteiger partial charge in [0.15, 0.2) is 11.7 Å². The van der Waals surface area contributed by atoms with E-state index in [9.17, 15) is 23.1 Å². The van der Waals surface area contributed by atoms with Gasteiger partial charge in [-0.1, -0.05) is 12.1 Å². The van der Waals surface area contributed by atoms with Crippen LogP contribution in [-0.4, -0.2) is 29.9 Å². The fraction of sp³-hybridized carbons (Fsp3) is 0.211. The van der Waals surface area contributed by atoms with E-state index in [1.165, 1.54) is 36.9 Å². The zero-order valence-corrected chi connectivity index (χ0v) is 17.0. The highest BCUT2D eigenvalue weighted by atomic mass is 32.2. The van der Waals surface area contributed by atoms with E-state index in [1.807, 2.05) is 0 Å². The number of amides is 1. The van der Waals surface area contributed by atoms with Gasteiger partial charge < -0.3 is 24.4 Å². The molecule has 0 spiro atoms. The number of nitrogens with zero attached hydrogens (tertiary/aromatic N) is 2. The molecule has 1 heterocycles. The van der Waals surface area contributed by atoms with Crippen molar-refractivity contribution in [1.29, 1.82) is 0 Å². The number of ether oxygens (including phenoxy) is 2. The Balaban J connectivity index is 1.76. The molecule has 2 aromatic carbocycles. The summed E-state index contributed by atoms with van der Waals surface area (Å²) in [6.07, 6.45) is -4.91. The van der Waals surface area contributed by atoms with Gasteiger partial charge in [-0.25, -0.2) is 0 Å². The first kappa shape index (κ1) is 22.3. The molecule has 0 saturated carbocycles. The fourth-order valence-corrected chi connectivity index (χ4v) is 3.34. The summed E-state index contributed by atoms with van der Waals surface area (Å²) in [6.45, 7) is 1.48. The number of carbonyl (C=O) groups excluding carboxylic acids is 1. The van der Waals surface area contributed by atoms with Crippen molar-refractivity contribution < 1.29 is 41.8 Å². The van der Waals surface area contributed by atoms with E-state index in [1.54, 1.807) is 24.3 Å². The summed E-state index contributed by atoms with van der Waals surface area (Å²) < 4.78 is 52.6. The molecule has 0 aliphatic carbocycles. The Morgan fingerprint density at radius 2 is 1.90 bits per heavy atom. The van der Waals surface area contributed by atoms with Crippen LogP contribution in [-0.2, 0) is 4.79 Å². The molecule has 1 unspecified atom stereocenters. The largest absolute Gasteiger partial charge is 0.573 e. The Hall–Kier alpha value is -3.41. The van der Waals surface area contributed by atoms with Crippen molar-refractivity contribution in [2.45, 2.75) is 23.6 Å². The van der Waals surface area contributed by atoms with Gasteiger partial charge in [0.05, 0.1) is 23.3 Å². The summed E-state index contributed by atoms with van der Waals surface area (Å²) >= 11 is 0.843. The van der Waals surface area contributed by atoms with E-state index in [2.05, 4.69) is 15.3 Å². The van der Waals surface area contributed by atoms with Gasteiger partial charge in [-0.15, -0.1) is 13.2 Å². The van der Waals surface area contributed by atoms with Crippen LogP contribution in [0.4, 0.5) is 18.9 Å². The summed E-state index contributed by atoms with van der Waals surface area (Å²) in [5, 5.41) is 17.3. The van der Waals surface area contributed by atoms with Crippen LogP contribution in [0, 0.1) is 0 Å². The van der Waals surface area contributed by atoms with Crippen LogP contribution in [0.15, 0.2) is 58.1 Å². The van der Waals surface area contributed by atoms with Crippen LogP contribution < -0.4 is 24.6 Å². The van der Waals surface area contributed by atoms with Gasteiger partial charge in [0, 0.05) is 12.1 Å². The second-order valence-electron chi connectivity index (χ2n) is 6.07. The fourth-order valence-electron chi connectivity index (χ4n) is 2.47. The van der Waals surface area contributed by atoms with Crippen molar-refractivity contribution in [3.05, 3.63) is 48.5 Å². The van der Waals surface area contributed by atoms with Crippen molar-refractivity contribution >= 4 is 23.4 Å². The van der Waals surface area contributed by atoms with Crippen LogP contribution >= 0.6 is 11.8 Å². The van der Waals surface area contributed by atoms with Crippen molar-refractivity contribution in [3.8, 4) is 23.1 Å². The van der Waals surface area contributed by atoms with Gasteiger partial charge >= 0.3 is 6.36 Å². The molecule has 164 valence electrons. The summed E-state index contributed by atoms with van der Waals surface area (Å²) in [4.78, 5) is 12.6. The third-order valence-corrected chi connectivity index (χ3v) is 5.05. The molecule has 8 nitrogen and oxygen atoms in total. The molecule has 0 aliphatic heterocycles. The van der Waals surface area contributed by atoms with Gasteiger partial charge in [0.1, 0.15) is 5.75 Å². The minimum Gasteiger partial charge on any atom is -0.538 e. The molecule has 1 aromatic heterocycles. The van der Waals surface area contributed by atoms with E-state index < -0.39 is 29.2 Å². The number of hydrogen-bond donors (Lipinski definition) is 1. The van der Waals surface area contributed by atoms with Crippen molar-refractivity contribution in [2.75, 3.05) is 12.4 Å². The van der Waals surface area contributed by atoms with Crippen LogP contribution in [0.1, 0.15) is 6.92 Å². The molecular weight excluding hydrogens is 439 g/mol. The Bertz CT molecular complexity index is 1060. The van der Waals surface area contributed by atoms with Gasteiger partial charge in [-0.2, -0.15) is 0 Å². The number of carbonyl (C=O) groups is 1. The number of rotatable bonds is 7. The first-order chi connectivity index (χ1) is 14.7. The highest BCUT2D eigenvalue weighted by Gasteiger charge is 2.33. The smallest absolute Gasteiger partial charge is 0.538 e. The number of thioether (sulfide) groups is 1. The molecule has 0 aliphatic rings. The highest BCUT2D eigenvalue weighted by Crippen LogP contribution is 2.32. The maximum absolute atomic E-state index is 12.6. The Morgan fingerprint density at radius 1 is 1.23 bits per heavy atom. The lowest BCUT2D eigenvalue weighted by Crippen LogP contribution is -2.36. The molecule has 0 radical (unpaired) electrons. The van der Waals surface area contributed by atoms with Gasteiger partial charge in [0.2, 0.25) is 11.6 Å². The molecule has 0 fully saturated rings. The van der Waals surface area contributed by atoms with E-state index in [0.717, 1.165) is 17.8 Å². The zero-order valence-electron chi connectivity index (χ0n) is 16.2. The van der Waals surface area contributed by atoms with Gasteiger partial charge in [-0.05, 0) is 47.6 Å². The van der Waals surface area contributed by atoms with Crippen molar-refractivity contribution in [2.24, 2.45) is 0 Å². The number of alkyl halides is 3. The summed E-state index contributed by atoms with van der Waals surface area (Å²) in [6, 6.07) is 11.7. The number of halogens is 3. The molecule has 0 saturated heterocycles. The summed E-state index contributed by atoms with van der Waals surface area (Å²) in [7, 11) is 1.51. The molecular formula is C19H16F3N3O5S. The number of anilines is 1. The predicted octanol–water partition coefficient (Wildman–Crippen LogP) is 3.05. The maximum atomic E-state index is 12.6. The average Bonchev–Trinajstić information content (AvgIpc) is 3.08. The quantitative estimate of drug-likeness (QED) is 0.432. The van der Waals surface area contributed by atoms with Gasteiger partial charge in [-0.3, -0.25) is 4.79 Å². The molecule has 12 heteroatoms. The average molecular weight is 455 g/mol. The van der Waals surface area contributed by atoms with Crippen LogP contribution in [0.3, 0.4) is 0 Å². The lowest BCUT2D eigenvalue weighted by molar-refractivity contribution is -0.705. The monoisotopic (exact) mass is 455 g/mol. The van der Waals surface area contributed by atoms with E-state index in [-0.39, 0.29) is 10.7 Å². The topological polar surface area (TPSA) is 101 Å². The second kappa shape index (κ2) is 9.16. The maximum Gasteiger partial charge on any atom is 0.573 e. The number of benzene rings is 2. The summed E-state index contributed by atoms with van der Waals surface area (Å²) in [5.41, 5.74) is 0.332. The Morgan fingerprint density at radius 3 is 2.55 bits per heavy atom. The highest BCUT2D eigenvalue weighted by molar-refractivity contribution is 8.00. The van der Waals surface area contributed by atoms with E-state index in [4.69, 9.17) is 9.26 Å². The van der Waals surface area contributed by atoms with Crippen LogP contribution in [0.5, 0.6) is 17.4 Å². The predicted molar refractivity (Wildman–Crippen MR) is 101 cm³/mol. The number of para-hydroxylation sites is 2. The number of aromatic nitrogens is 2. The van der Waals surface area contributed by atoms with E-state index in [0.29, 0.717) is 11.4 Å². The van der Waals surface area contributed by atoms with E-state index >= 15 is 0 Å². The first-order valence-corrected chi connectivity index (χ1v) is 9.61. The molecule has 0 bridgehead atoms. The third-order valence-electron chi connectivity index (χ3n) is 3.92. The van der Waals surface area contributed by atoms with Crippen LogP contribution in [0.2, 0.25) is 0 Å². The standard InChI is InChI=1S/C19H16F3N3O5S/c1-11(16(26)23-14-5-3-4-6-15(14)29-19(20,21)22)31-17-18(27)30-24-25(17)12-7-9-13(28-2)10-8-12/h3-11H,1-2H3,(H-,23,24,26,27). The number of hydrogen-bond acceptors (Lipinski definition) is 7. The lowest BCUT2D eigenvalue weighted by Gasteiger charge is -2.15. The molecule has 31 heavy (non-hydrogen) atoms. The first-order valence-electron chi connectivity index (χ1n) is 8.73. The Kier molecular flexibility index (Phi) is 6.59. The second-order valence-corrected chi connectivity index (χ2v) is 7.40. The third kappa shape index (κ3) is 5.60. The number of methoxy groups -OCH3 is 1. The molecule has 1 N–H and O–H groups in total. The lowest BCUT2D eigenvalue weighted by atomic mass is 10.3. The molecule has 3 rings (SSSR count). The normalized spacial score (nSPS) is 12.3.